The fraction of sp³-hybridized carbons (Fsp3) is 0.818. The third-order valence-electron chi connectivity index (χ3n) is 2.76. The van der Waals surface area contributed by atoms with E-state index >= 15 is 0 Å². The van der Waals surface area contributed by atoms with Crippen LogP contribution in [0.3, 0.4) is 0 Å². The van der Waals surface area contributed by atoms with Crippen LogP contribution in [0.1, 0.15) is 20.8 Å². The molecule has 14 heavy (non-hydrogen) atoms. The van der Waals surface area contributed by atoms with Gasteiger partial charge in [-0.25, -0.2) is 0 Å². The van der Waals surface area contributed by atoms with E-state index in [2.05, 4.69) is 31.0 Å². The number of hydrogen-bond donors (Lipinski definition) is 1. The molecule has 0 aliphatic carbocycles. The molecule has 1 saturated heterocycles. The first-order chi connectivity index (χ1) is 6.54. The Labute approximate surface area is 92.3 Å². The van der Waals surface area contributed by atoms with Gasteiger partial charge in [-0.3, -0.25) is 4.90 Å². The van der Waals surface area contributed by atoms with E-state index in [4.69, 9.17) is 11.6 Å². The van der Waals surface area contributed by atoms with Gasteiger partial charge in [0.1, 0.15) is 0 Å². The zero-order chi connectivity index (χ0) is 10.6. The van der Waals surface area contributed by atoms with Crippen molar-refractivity contribution in [3.05, 3.63) is 11.6 Å². The van der Waals surface area contributed by atoms with Crippen LogP contribution in [0.5, 0.6) is 0 Å². The quantitative estimate of drug-likeness (QED) is 0.760. The van der Waals surface area contributed by atoms with Crippen molar-refractivity contribution in [1.82, 2.24) is 10.2 Å². The topological polar surface area (TPSA) is 15.3 Å². The van der Waals surface area contributed by atoms with Crippen LogP contribution >= 0.6 is 11.6 Å². The maximum absolute atomic E-state index is 5.52. The minimum absolute atomic E-state index is 0.337. The summed E-state index contributed by atoms with van der Waals surface area (Å²) in [4.78, 5) is 2.44. The van der Waals surface area contributed by atoms with Crippen molar-refractivity contribution in [3.63, 3.8) is 0 Å². The van der Waals surface area contributed by atoms with Crippen molar-refractivity contribution >= 4 is 11.6 Å². The van der Waals surface area contributed by atoms with E-state index in [9.17, 15) is 0 Å². The average Bonchev–Trinajstić information content (AvgIpc) is 2.14. The van der Waals surface area contributed by atoms with Crippen LogP contribution < -0.4 is 5.32 Å². The van der Waals surface area contributed by atoms with Crippen LogP contribution in [0.25, 0.3) is 0 Å². The third kappa shape index (κ3) is 3.60. The first-order valence-corrected chi connectivity index (χ1v) is 5.68. The van der Waals surface area contributed by atoms with Gasteiger partial charge in [0.05, 0.1) is 0 Å². The lowest BCUT2D eigenvalue weighted by molar-refractivity contribution is 0.144. The van der Waals surface area contributed by atoms with Gasteiger partial charge in [0.15, 0.2) is 0 Å². The fourth-order valence-electron chi connectivity index (χ4n) is 1.75. The average molecular weight is 217 g/mol. The van der Waals surface area contributed by atoms with E-state index in [1.54, 1.807) is 5.54 Å². The molecule has 0 radical (unpaired) electrons. The van der Waals surface area contributed by atoms with Gasteiger partial charge in [-0.05, 0) is 5.41 Å². The Bertz CT molecular complexity index is 196. The molecule has 0 aromatic rings. The smallest absolute Gasteiger partial charge is 0.0244 e. The van der Waals surface area contributed by atoms with Gasteiger partial charge in [0.2, 0.25) is 0 Å². The van der Waals surface area contributed by atoms with E-state index in [1.165, 1.54) is 0 Å². The molecule has 1 aliphatic heterocycles. The lowest BCUT2D eigenvalue weighted by Gasteiger charge is -2.40. The van der Waals surface area contributed by atoms with Crippen LogP contribution in [-0.2, 0) is 0 Å². The molecule has 1 unspecified atom stereocenters. The van der Waals surface area contributed by atoms with Gasteiger partial charge >= 0.3 is 0 Å². The predicted molar refractivity (Wildman–Crippen MR) is 62.7 cm³/mol. The van der Waals surface area contributed by atoms with Crippen molar-refractivity contribution in [1.29, 1.82) is 0 Å². The normalized spacial score (nSPS) is 25.9. The Morgan fingerprint density at radius 1 is 1.50 bits per heavy atom. The van der Waals surface area contributed by atoms with Crippen molar-refractivity contribution in [3.8, 4) is 0 Å². The first kappa shape index (κ1) is 12.0. The maximum atomic E-state index is 5.52. The second kappa shape index (κ2) is 5.15. The Hall–Kier alpha value is -0.0500. The number of piperazine rings is 1. The second-order valence-electron chi connectivity index (χ2n) is 4.99. The summed E-state index contributed by atoms with van der Waals surface area (Å²) in [6.07, 6.45) is 2.01. The van der Waals surface area contributed by atoms with Gasteiger partial charge in [0, 0.05) is 37.8 Å². The lowest BCUT2D eigenvalue weighted by Crippen LogP contribution is -2.55. The highest BCUT2D eigenvalue weighted by Crippen LogP contribution is 2.21. The Balaban J connectivity index is 2.43. The van der Waals surface area contributed by atoms with E-state index < -0.39 is 0 Å². The first-order valence-electron chi connectivity index (χ1n) is 5.25. The van der Waals surface area contributed by atoms with Gasteiger partial charge in [-0.1, -0.05) is 38.4 Å². The number of nitrogens with one attached hydrogen (secondary N) is 1. The molecule has 0 amide bonds. The lowest BCUT2D eigenvalue weighted by atomic mass is 9.85. The van der Waals surface area contributed by atoms with Crippen molar-refractivity contribution in [2.75, 3.05) is 26.2 Å². The molecule has 0 spiro atoms. The van der Waals surface area contributed by atoms with Gasteiger partial charge in [-0.2, -0.15) is 0 Å². The minimum atomic E-state index is 0.337. The van der Waals surface area contributed by atoms with E-state index in [0.717, 1.165) is 26.2 Å². The SMILES string of the molecule is CC(C)(C)C1CN(C/C=C/Cl)CCN1. The highest BCUT2D eigenvalue weighted by atomic mass is 35.5. The van der Waals surface area contributed by atoms with Gasteiger partial charge < -0.3 is 5.32 Å². The Morgan fingerprint density at radius 2 is 2.21 bits per heavy atom. The van der Waals surface area contributed by atoms with Crippen LogP contribution in [0.4, 0.5) is 0 Å². The molecule has 1 fully saturated rings. The summed E-state index contributed by atoms with van der Waals surface area (Å²) in [7, 11) is 0. The summed E-state index contributed by atoms with van der Waals surface area (Å²) in [5.41, 5.74) is 1.94. The number of halogens is 1. The van der Waals surface area contributed by atoms with Crippen molar-refractivity contribution in [2.24, 2.45) is 5.41 Å². The van der Waals surface area contributed by atoms with Crippen molar-refractivity contribution in [2.45, 2.75) is 26.8 Å². The number of rotatable bonds is 2. The summed E-state index contributed by atoms with van der Waals surface area (Å²) in [5.74, 6) is 0. The molecule has 0 bridgehead atoms. The number of hydrogen-bond acceptors (Lipinski definition) is 2. The molecular formula is C11H21ClN2. The molecule has 0 aromatic carbocycles. The Morgan fingerprint density at radius 3 is 2.79 bits per heavy atom. The molecule has 1 heterocycles. The predicted octanol–water partition coefficient (Wildman–Crippen LogP) is 2.06. The summed E-state index contributed by atoms with van der Waals surface area (Å²) >= 11 is 5.52. The maximum Gasteiger partial charge on any atom is 0.0244 e. The van der Waals surface area contributed by atoms with Crippen molar-refractivity contribution < 1.29 is 0 Å². The van der Waals surface area contributed by atoms with E-state index in [1.807, 2.05) is 6.08 Å². The molecule has 1 N–H and O–H groups in total. The van der Waals surface area contributed by atoms with E-state index in [-0.39, 0.29) is 0 Å². The highest BCUT2D eigenvalue weighted by molar-refractivity contribution is 6.25. The summed E-state index contributed by atoms with van der Waals surface area (Å²) in [5, 5.41) is 3.57. The van der Waals surface area contributed by atoms with Crippen LogP contribution in [0.2, 0.25) is 0 Å². The molecular weight excluding hydrogens is 196 g/mol. The van der Waals surface area contributed by atoms with Crippen LogP contribution in [0.15, 0.2) is 11.6 Å². The van der Waals surface area contributed by atoms with Gasteiger partial charge in [-0.15, -0.1) is 0 Å². The molecule has 1 aliphatic rings. The highest BCUT2D eigenvalue weighted by Gasteiger charge is 2.28. The van der Waals surface area contributed by atoms with Gasteiger partial charge in [0.25, 0.3) is 0 Å². The zero-order valence-electron chi connectivity index (χ0n) is 9.39. The summed E-state index contributed by atoms with van der Waals surface area (Å²) in [6.45, 7) is 11.1. The van der Waals surface area contributed by atoms with E-state index in [0.29, 0.717) is 11.5 Å². The molecule has 3 heteroatoms. The second-order valence-corrected chi connectivity index (χ2v) is 5.25. The minimum Gasteiger partial charge on any atom is -0.311 e. The van der Waals surface area contributed by atoms with Crippen LogP contribution in [-0.4, -0.2) is 37.1 Å². The molecule has 1 atom stereocenters. The summed E-state index contributed by atoms with van der Waals surface area (Å²) in [6, 6.07) is 0.583. The monoisotopic (exact) mass is 216 g/mol. The standard InChI is InChI=1S/C11H21ClN2/c1-11(2,3)10-9-14(7-4-5-12)8-6-13-10/h4-5,10,13H,6-9H2,1-3H3/b5-4+. The Kier molecular flexibility index (Phi) is 4.42. The molecule has 0 aromatic heterocycles. The summed E-state index contributed by atoms with van der Waals surface area (Å²) < 4.78 is 0. The molecule has 82 valence electrons. The van der Waals surface area contributed by atoms with Crippen LogP contribution in [0, 0.1) is 5.41 Å². The largest absolute Gasteiger partial charge is 0.311 e. The third-order valence-corrected chi connectivity index (χ3v) is 2.94. The molecule has 0 saturated carbocycles. The molecule has 1 rings (SSSR count). The fourth-order valence-corrected chi connectivity index (χ4v) is 1.83. The zero-order valence-corrected chi connectivity index (χ0v) is 10.1. The number of nitrogens with zero attached hydrogens (tertiary/aromatic N) is 1. The molecule has 2 nitrogen and oxygen atoms in total.